The van der Waals surface area contributed by atoms with Gasteiger partial charge in [-0.05, 0) is 31.5 Å². The Morgan fingerprint density at radius 1 is 1.38 bits per heavy atom. The first kappa shape index (κ1) is 13.3. The predicted molar refractivity (Wildman–Crippen MR) is 67.2 cm³/mol. The third-order valence-corrected chi connectivity index (χ3v) is 2.96. The summed E-state index contributed by atoms with van der Waals surface area (Å²) in [6.07, 6.45) is 0. The molecule has 3 nitrogen and oxygen atoms in total. The molecule has 0 spiro atoms. The molecule has 0 saturated carbocycles. The number of hydrogen-bond acceptors (Lipinski definition) is 3. The highest BCUT2D eigenvalue weighted by Crippen LogP contribution is 2.24. The lowest BCUT2D eigenvalue weighted by molar-refractivity contribution is 0.118. The summed E-state index contributed by atoms with van der Waals surface area (Å²) in [5.74, 6) is 1.96. The fraction of sp³-hybridized carbons (Fsp3) is 0.692. The molecule has 1 aromatic rings. The van der Waals surface area contributed by atoms with Crippen molar-refractivity contribution in [1.29, 1.82) is 0 Å². The van der Waals surface area contributed by atoms with Crippen molar-refractivity contribution in [3.8, 4) is 0 Å². The van der Waals surface area contributed by atoms with E-state index in [0.29, 0.717) is 12.6 Å². The van der Waals surface area contributed by atoms with Gasteiger partial charge in [0.05, 0.1) is 6.54 Å². The summed E-state index contributed by atoms with van der Waals surface area (Å²) in [7, 11) is 2.10. The summed E-state index contributed by atoms with van der Waals surface area (Å²) < 4.78 is 5.58. The van der Waals surface area contributed by atoms with Gasteiger partial charge in [0.2, 0.25) is 0 Å². The van der Waals surface area contributed by atoms with E-state index < -0.39 is 0 Å². The normalized spacial score (nSPS) is 14.4. The van der Waals surface area contributed by atoms with Crippen LogP contribution < -0.4 is 5.73 Å². The molecule has 0 aliphatic carbocycles. The second kappa shape index (κ2) is 5.02. The highest BCUT2D eigenvalue weighted by Gasteiger charge is 2.27. The number of nitrogens with two attached hydrogens (primary N) is 1. The van der Waals surface area contributed by atoms with E-state index in [0.717, 1.165) is 18.1 Å². The van der Waals surface area contributed by atoms with Crippen molar-refractivity contribution in [2.45, 2.75) is 40.3 Å². The molecule has 1 aromatic heterocycles. The molecule has 92 valence electrons. The first-order valence-electron chi connectivity index (χ1n) is 5.80. The van der Waals surface area contributed by atoms with E-state index in [4.69, 9.17) is 10.2 Å². The van der Waals surface area contributed by atoms with Crippen molar-refractivity contribution in [1.82, 2.24) is 4.90 Å². The summed E-state index contributed by atoms with van der Waals surface area (Å²) in [5, 5.41) is 0. The zero-order valence-corrected chi connectivity index (χ0v) is 11.1. The van der Waals surface area contributed by atoms with Crippen LogP contribution in [0.1, 0.15) is 32.3 Å². The molecule has 0 saturated heterocycles. The average Bonchev–Trinajstić information content (AvgIpc) is 2.49. The van der Waals surface area contributed by atoms with Crippen molar-refractivity contribution >= 4 is 0 Å². The molecule has 0 fully saturated rings. The van der Waals surface area contributed by atoms with E-state index in [9.17, 15) is 0 Å². The van der Waals surface area contributed by atoms with Gasteiger partial charge < -0.3 is 10.2 Å². The number of furan rings is 1. The molecule has 1 heterocycles. The molecule has 0 aromatic carbocycles. The SMILES string of the molecule is Cc1ccc(CN(C)C(CN)C(C)(C)C)o1. The molecule has 1 atom stereocenters. The minimum Gasteiger partial charge on any atom is -0.465 e. The Bertz CT molecular complexity index is 325. The van der Waals surface area contributed by atoms with Gasteiger partial charge in [0.25, 0.3) is 0 Å². The molecule has 0 bridgehead atoms. The van der Waals surface area contributed by atoms with Gasteiger partial charge in [0, 0.05) is 12.6 Å². The molecule has 0 aliphatic heterocycles. The molecule has 1 rings (SSSR count). The number of likely N-dealkylation sites (N-methyl/N-ethyl adjacent to an activating group) is 1. The minimum absolute atomic E-state index is 0.186. The monoisotopic (exact) mass is 224 g/mol. The molecular weight excluding hydrogens is 200 g/mol. The van der Waals surface area contributed by atoms with Crippen molar-refractivity contribution in [2.24, 2.45) is 11.1 Å². The van der Waals surface area contributed by atoms with Gasteiger partial charge in [-0.1, -0.05) is 20.8 Å². The van der Waals surface area contributed by atoms with Crippen LogP contribution in [0.4, 0.5) is 0 Å². The van der Waals surface area contributed by atoms with Crippen LogP contribution in [-0.2, 0) is 6.54 Å². The van der Waals surface area contributed by atoms with Gasteiger partial charge in [-0.2, -0.15) is 0 Å². The van der Waals surface area contributed by atoms with Gasteiger partial charge in [0.15, 0.2) is 0 Å². The van der Waals surface area contributed by atoms with Crippen molar-refractivity contribution in [2.75, 3.05) is 13.6 Å². The van der Waals surface area contributed by atoms with E-state index in [1.165, 1.54) is 0 Å². The summed E-state index contributed by atoms with van der Waals surface area (Å²) >= 11 is 0. The van der Waals surface area contributed by atoms with Crippen LogP contribution in [0.5, 0.6) is 0 Å². The lowest BCUT2D eigenvalue weighted by Crippen LogP contribution is -2.46. The summed E-state index contributed by atoms with van der Waals surface area (Å²) in [6, 6.07) is 4.39. The first-order valence-corrected chi connectivity index (χ1v) is 5.80. The Hall–Kier alpha value is -0.800. The Labute approximate surface area is 98.6 Å². The smallest absolute Gasteiger partial charge is 0.118 e. The van der Waals surface area contributed by atoms with E-state index >= 15 is 0 Å². The molecule has 1 unspecified atom stereocenters. The largest absolute Gasteiger partial charge is 0.465 e. The molecule has 2 N–H and O–H groups in total. The second-order valence-corrected chi connectivity index (χ2v) is 5.54. The average molecular weight is 224 g/mol. The summed E-state index contributed by atoms with van der Waals surface area (Å²) in [5.41, 5.74) is 6.03. The second-order valence-electron chi connectivity index (χ2n) is 5.54. The maximum Gasteiger partial charge on any atom is 0.118 e. The Morgan fingerprint density at radius 2 is 2.00 bits per heavy atom. The van der Waals surface area contributed by atoms with Crippen LogP contribution in [-0.4, -0.2) is 24.5 Å². The van der Waals surface area contributed by atoms with Crippen molar-refractivity contribution < 1.29 is 4.42 Å². The highest BCUT2D eigenvalue weighted by molar-refractivity contribution is 5.05. The predicted octanol–water partition coefficient (Wildman–Crippen LogP) is 2.39. The minimum atomic E-state index is 0.186. The van der Waals surface area contributed by atoms with Gasteiger partial charge in [-0.15, -0.1) is 0 Å². The number of nitrogens with zero attached hydrogens (tertiary/aromatic N) is 1. The zero-order valence-electron chi connectivity index (χ0n) is 11.1. The number of rotatable bonds is 4. The molecule has 0 radical (unpaired) electrons. The van der Waals surface area contributed by atoms with Crippen LogP contribution in [0.15, 0.2) is 16.5 Å². The van der Waals surface area contributed by atoms with Crippen LogP contribution in [0.25, 0.3) is 0 Å². The Kier molecular flexibility index (Phi) is 4.16. The maximum atomic E-state index is 5.85. The Morgan fingerprint density at radius 3 is 2.38 bits per heavy atom. The number of aryl methyl sites for hydroxylation is 1. The third-order valence-electron chi connectivity index (χ3n) is 2.96. The van der Waals surface area contributed by atoms with Gasteiger partial charge >= 0.3 is 0 Å². The fourth-order valence-electron chi connectivity index (χ4n) is 2.12. The van der Waals surface area contributed by atoms with Crippen LogP contribution in [0.2, 0.25) is 0 Å². The van der Waals surface area contributed by atoms with E-state index in [1.807, 2.05) is 19.1 Å². The van der Waals surface area contributed by atoms with Gasteiger partial charge in [0.1, 0.15) is 11.5 Å². The van der Waals surface area contributed by atoms with Crippen LogP contribution in [0.3, 0.4) is 0 Å². The summed E-state index contributed by atoms with van der Waals surface area (Å²) in [6.45, 7) is 10.1. The lowest BCUT2D eigenvalue weighted by Gasteiger charge is -2.36. The topological polar surface area (TPSA) is 42.4 Å². The van der Waals surface area contributed by atoms with Crippen molar-refractivity contribution in [3.63, 3.8) is 0 Å². The highest BCUT2D eigenvalue weighted by atomic mass is 16.3. The molecule has 3 heteroatoms. The fourth-order valence-corrected chi connectivity index (χ4v) is 2.12. The van der Waals surface area contributed by atoms with E-state index in [2.05, 4.69) is 32.7 Å². The van der Waals surface area contributed by atoms with E-state index in [1.54, 1.807) is 0 Å². The van der Waals surface area contributed by atoms with Crippen molar-refractivity contribution in [3.05, 3.63) is 23.7 Å². The molecule has 0 aliphatic rings. The maximum absolute atomic E-state index is 5.85. The zero-order chi connectivity index (χ0) is 12.3. The molecule has 16 heavy (non-hydrogen) atoms. The third kappa shape index (κ3) is 3.35. The standard InChI is InChI=1S/C13H24N2O/c1-10-6-7-11(16-10)9-15(5)12(8-14)13(2,3)4/h6-7,12H,8-9,14H2,1-5H3. The van der Waals surface area contributed by atoms with Crippen LogP contribution in [0, 0.1) is 12.3 Å². The van der Waals surface area contributed by atoms with Gasteiger partial charge in [-0.25, -0.2) is 0 Å². The van der Waals surface area contributed by atoms with Gasteiger partial charge in [-0.3, -0.25) is 4.90 Å². The Balaban J connectivity index is 2.66. The molecule has 0 amide bonds. The number of hydrogen-bond donors (Lipinski definition) is 1. The summed E-state index contributed by atoms with van der Waals surface area (Å²) in [4.78, 5) is 2.26. The quantitative estimate of drug-likeness (QED) is 0.854. The van der Waals surface area contributed by atoms with Crippen LogP contribution >= 0.6 is 0 Å². The molecular formula is C13H24N2O. The van der Waals surface area contributed by atoms with E-state index in [-0.39, 0.29) is 5.41 Å². The first-order chi connectivity index (χ1) is 7.34. The lowest BCUT2D eigenvalue weighted by atomic mass is 9.86.